The van der Waals surface area contributed by atoms with Crippen LogP contribution in [0.2, 0.25) is 0 Å². The minimum atomic E-state index is -0.372. The van der Waals surface area contributed by atoms with Crippen LogP contribution in [0, 0.1) is 0 Å². The molecule has 0 spiro atoms. The lowest BCUT2D eigenvalue weighted by Gasteiger charge is -2.07. The number of rotatable bonds is 1. The van der Waals surface area contributed by atoms with E-state index in [2.05, 4.69) is 0 Å². The van der Waals surface area contributed by atoms with Crippen LogP contribution in [-0.4, -0.2) is 47.5 Å². The molecule has 2 aliphatic heterocycles. The molecule has 2 aromatic rings. The van der Waals surface area contributed by atoms with E-state index in [0.717, 1.165) is 9.80 Å². The Morgan fingerprint density at radius 3 is 1.41 bits per heavy atom. The third-order valence-electron chi connectivity index (χ3n) is 3.90. The van der Waals surface area contributed by atoms with Gasteiger partial charge in [-0.2, -0.15) is 0 Å². The van der Waals surface area contributed by atoms with Crippen LogP contribution in [0.5, 0.6) is 0 Å². The van der Waals surface area contributed by atoms with Crippen molar-refractivity contribution in [2.75, 3.05) is 14.1 Å². The minimum Gasteiger partial charge on any atom is -0.277 e. The molecule has 0 saturated heterocycles. The van der Waals surface area contributed by atoms with Gasteiger partial charge in [-0.05, 0) is 0 Å². The molecule has 0 atom stereocenters. The molecule has 0 N–H and O–H groups in total. The number of amides is 4. The van der Waals surface area contributed by atoms with E-state index in [-0.39, 0.29) is 23.6 Å². The zero-order valence-electron chi connectivity index (χ0n) is 11.5. The standard InChI is InChI=1S/C14H8N2O4S2/c1-15-11(17)5-3-21-9(7(5)13(15)19)10-8-6(4-22-10)12(18)16(2)14(8)20/h3-4H,1-2H3. The van der Waals surface area contributed by atoms with E-state index in [0.29, 0.717) is 32.0 Å². The molecular formula is C14H8N2O4S2. The van der Waals surface area contributed by atoms with Gasteiger partial charge in [-0.1, -0.05) is 0 Å². The maximum Gasteiger partial charge on any atom is 0.262 e. The molecule has 22 heavy (non-hydrogen) atoms. The number of carbonyl (C=O) groups excluding carboxylic acids is 4. The predicted octanol–water partition coefficient (Wildman–Crippen LogP) is 1.93. The molecule has 0 unspecified atom stereocenters. The molecule has 4 amide bonds. The highest BCUT2D eigenvalue weighted by atomic mass is 32.1. The minimum absolute atomic E-state index is 0.331. The molecule has 0 saturated carbocycles. The average Bonchev–Trinajstić information content (AvgIpc) is 3.21. The van der Waals surface area contributed by atoms with Gasteiger partial charge < -0.3 is 0 Å². The van der Waals surface area contributed by atoms with Crippen LogP contribution in [0.3, 0.4) is 0 Å². The number of nitrogens with zero attached hydrogens (tertiary/aromatic N) is 2. The van der Waals surface area contributed by atoms with Crippen LogP contribution in [-0.2, 0) is 0 Å². The zero-order valence-corrected chi connectivity index (χ0v) is 13.1. The first kappa shape index (κ1) is 13.4. The van der Waals surface area contributed by atoms with Crippen molar-refractivity contribution < 1.29 is 19.2 Å². The van der Waals surface area contributed by atoms with Gasteiger partial charge in [-0.25, -0.2) is 0 Å². The summed E-state index contributed by atoms with van der Waals surface area (Å²) in [5.41, 5.74) is 1.38. The first-order valence-corrected chi connectivity index (χ1v) is 8.07. The van der Waals surface area contributed by atoms with Crippen LogP contribution in [0.25, 0.3) is 9.75 Å². The fourth-order valence-electron chi connectivity index (χ4n) is 2.67. The zero-order chi connectivity index (χ0) is 15.8. The van der Waals surface area contributed by atoms with Crippen molar-refractivity contribution >= 4 is 46.3 Å². The number of carbonyl (C=O) groups is 4. The maximum absolute atomic E-state index is 12.2. The fraction of sp³-hybridized carbons (Fsp3) is 0.143. The Kier molecular flexibility index (Phi) is 2.50. The molecule has 0 aromatic carbocycles. The molecule has 4 rings (SSSR count). The lowest BCUT2D eigenvalue weighted by Crippen LogP contribution is -2.25. The van der Waals surface area contributed by atoms with Gasteiger partial charge in [0.15, 0.2) is 0 Å². The van der Waals surface area contributed by atoms with Gasteiger partial charge in [0.25, 0.3) is 23.6 Å². The molecule has 0 bridgehead atoms. The topological polar surface area (TPSA) is 74.8 Å². The number of thiophene rings is 2. The highest BCUT2D eigenvalue weighted by Gasteiger charge is 2.41. The van der Waals surface area contributed by atoms with E-state index >= 15 is 0 Å². The van der Waals surface area contributed by atoms with Gasteiger partial charge in [0.2, 0.25) is 0 Å². The van der Waals surface area contributed by atoms with Gasteiger partial charge in [0.05, 0.1) is 32.0 Å². The second-order valence-corrected chi connectivity index (χ2v) is 6.80. The predicted molar refractivity (Wildman–Crippen MR) is 80.5 cm³/mol. The van der Waals surface area contributed by atoms with Crippen molar-refractivity contribution in [3.8, 4) is 9.75 Å². The third-order valence-corrected chi connectivity index (χ3v) is 6.02. The van der Waals surface area contributed by atoms with Gasteiger partial charge in [-0.3, -0.25) is 29.0 Å². The number of imide groups is 2. The molecule has 110 valence electrons. The second-order valence-electron chi connectivity index (χ2n) is 5.05. The SMILES string of the molecule is CN1C(=O)c2csc(-c3scc4c3C(=O)N(C)C4=O)c2C1=O. The van der Waals surface area contributed by atoms with Crippen molar-refractivity contribution in [3.63, 3.8) is 0 Å². The van der Waals surface area contributed by atoms with Crippen LogP contribution >= 0.6 is 22.7 Å². The quantitative estimate of drug-likeness (QED) is 0.748. The van der Waals surface area contributed by atoms with Crippen LogP contribution in [0.15, 0.2) is 10.8 Å². The van der Waals surface area contributed by atoms with Crippen LogP contribution in [0.4, 0.5) is 0 Å². The highest BCUT2D eigenvalue weighted by molar-refractivity contribution is 7.21. The van der Waals surface area contributed by atoms with Gasteiger partial charge in [0.1, 0.15) is 0 Å². The van der Waals surface area contributed by atoms with E-state index < -0.39 is 0 Å². The molecule has 0 radical (unpaired) electrons. The molecule has 8 heteroatoms. The van der Waals surface area contributed by atoms with Crippen molar-refractivity contribution in [2.24, 2.45) is 0 Å². The largest absolute Gasteiger partial charge is 0.277 e. The smallest absolute Gasteiger partial charge is 0.262 e. The summed E-state index contributed by atoms with van der Waals surface area (Å²) in [4.78, 5) is 51.7. The normalized spacial score (nSPS) is 16.8. The molecule has 0 aliphatic carbocycles. The Morgan fingerprint density at radius 1 is 0.682 bits per heavy atom. The van der Waals surface area contributed by atoms with Crippen molar-refractivity contribution in [3.05, 3.63) is 33.0 Å². The summed E-state index contributed by atoms with van der Waals surface area (Å²) < 4.78 is 0. The first-order chi connectivity index (χ1) is 10.4. The number of hydrogen-bond donors (Lipinski definition) is 0. The monoisotopic (exact) mass is 332 g/mol. The maximum atomic E-state index is 12.2. The Bertz CT molecular complexity index is 834. The fourth-order valence-corrected chi connectivity index (χ4v) is 4.92. The lowest BCUT2D eigenvalue weighted by molar-refractivity contribution is 0.0677. The summed E-state index contributed by atoms with van der Waals surface area (Å²) in [6, 6.07) is 0. The van der Waals surface area contributed by atoms with Gasteiger partial charge >= 0.3 is 0 Å². The first-order valence-electron chi connectivity index (χ1n) is 6.31. The lowest BCUT2D eigenvalue weighted by atomic mass is 10.1. The van der Waals surface area contributed by atoms with E-state index in [1.54, 1.807) is 10.8 Å². The van der Waals surface area contributed by atoms with Crippen molar-refractivity contribution in [1.29, 1.82) is 0 Å². The molecule has 2 aliphatic rings. The van der Waals surface area contributed by atoms with Crippen LogP contribution in [0.1, 0.15) is 41.4 Å². The molecule has 6 nitrogen and oxygen atoms in total. The van der Waals surface area contributed by atoms with E-state index in [1.807, 2.05) is 0 Å². The average molecular weight is 332 g/mol. The molecule has 0 fully saturated rings. The highest BCUT2D eigenvalue weighted by Crippen LogP contribution is 2.44. The number of hydrogen-bond acceptors (Lipinski definition) is 6. The Balaban J connectivity index is 1.95. The summed E-state index contributed by atoms with van der Waals surface area (Å²) in [6.45, 7) is 0. The Morgan fingerprint density at radius 2 is 1.05 bits per heavy atom. The van der Waals surface area contributed by atoms with E-state index in [9.17, 15) is 19.2 Å². The van der Waals surface area contributed by atoms with Crippen molar-refractivity contribution in [1.82, 2.24) is 9.80 Å². The van der Waals surface area contributed by atoms with Gasteiger partial charge in [-0.15, -0.1) is 22.7 Å². The number of fused-ring (bicyclic) bond motifs is 2. The molecular weight excluding hydrogens is 324 g/mol. The summed E-state index contributed by atoms with van der Waals surface area (Å²) in [6.07, 6.45) is 0. The van der Waals surface area contributed by atoms with Crippen molar-refractivity contribution in [2.45, 2.75) is 0 Å². The summed E-state index contributed by atoms with van der Waals surface area (Å²) >= 11 is 2.50. The summed E-state index contributed by atoms with van der Waals surface area (Å²) in [7, 11) is 2.86. The summed E-state index contributed by atoms with van der Waals surface area (Å²) in [5, 5.41) is 3.26. The second kappa shape index (κ2) is 4.11. The Hall–Kier alpha value is -2.32. The summed E-state index contributed by atoms with van der Waals surface area (Å²) in [5.74, 6) is -1.42. The molecule has 2 aromatic heterocycles. The van der Waals surface area contributed by atoms with Gasteiger partial charge in [0, 0.05) is 24.9 Å². The van der Waals surface area contributed by atoms with Crippen LogP contribution < -0.4 is 0 Å². The molecule has 4 heterocycles. The van der Waals surface area contributed by atoms with E-state index in [4.69, 9.17) is 0 Å². The van der Waals surface area contributed by atoms with E-state index in [1.165, 1.54) is 36.8 Å². The Labute approximate surface area is 132 Å². The third kappa shape index (κ3) is 1.38.